The van der Waals surface area contributed by atoms with Gasteiger partial charge in [0.05, 0.1) is 6.54 Å². The van der Waals surface area contributed by atoms with E-state index in [1.807, 2.05) is 45.0 Å². The molecule has 0 aromatic heterocycles. The Labute approximate surface area is 126 Å². The predicted molar refractivity (Wildman–Crippen MR) is 85.1 cm³/mol. The van der Waals surface area contributed by atoms with Crippen molar-refractivity contribution in [2.45, 2.75) is 39.8 Å². The van der Waals surface area contributed by atoms with Gasteiger partial charge in [0.15, 0.2) is 0 Å². The molecule has 5 heteroatoms. The molecule has 0 saturated heterocycles. The Morgan fingerprint density at radius 3 is 2.48 bits per heavy atom. The second-order valence-electron chi connectivity index (χ2n) is 5.51. The molecule has 5 nitrogen and oxygen atoms in total. The average molecular weight is 291 g/mol. The lowest BCUT2D eigenvalue weighted by Gasteiger charge is -2.23. The Balaban J connectivity index is 2.61. The summed E-state index contributed by atoms with van der Waals surface area (Å²) in [7, 11) is 1.80. The lowest BCUT2D eigenvalue weighted by atomic mass is 10.1. The molecule has 1 atom stereocenters. The quantitative estimate of drug-likeness (QED) is 0.844. The van der Waals surface area contributed by atoms with E-state index in [0.29, 0.717) is 6.54 Å². The summed E-state index contributed by atoms with van der Waals surface area (Å²) in [5.41, 5.74) is 1.79. The van der Waals surface area contributed by atoms with Gasteiger partial charge in [-0.3, -0.25) is 9.59 Å². The second-order valence-corrected chi connectivity index (χ2v) is 5.51. The van der Waals surface area contributed by atoms with Crippen LogP contribution < -0.4 is 10.6 Å². The van der Waals surface area contributed by atoms with Crippen molar-refractivity contribution in [3.8, 4) is 0 Å². The molecule has 0 aliphatic heterocycles. The molecule has 1 unspecified atom stereocenters. The number of benzene rings is 1. The van der Waals surface area contributed by atoms with Crippen molar-refractivity contribution in [2.75, 3.05) is 18.9 Å². The zero-order chi connectivity index (χ0) is 16.0. The SMILES string of the molecule is CC(=O)Nc1cccc(C(C)NCC(=O)N(C)C(C)C)c1. The van der Waals surface area contributed by atoms with E-state index in [1.54, 1.807) is 11.9 Å². The summed E-state index contributed by atoms with van der Waals surface area (Å²) in [6, 6.07) is 7.84. The van der Waals surface area contributed by atoms with Gasteiger partial charge in [0.1, 0.15) is 0 Å². The number of carbonyl (C=O) groups excluding carboxylic acids is 2. The fourth-order valence-corrected chi connectivity index (χ4v) is 1.86. The van der Waals surface area contributed by atoms with Crippen molar-refractivity contribution < 1.29 is 9.59 Å². The minimum absolute atomic E-state index is 0.0308. The molecule has 116 valence electrons. The number of carbonyl (C=O) groups is 2. The van der Waals surface area contributed by atoms with Gasteiger partial charge in [-0.2, -0.15) is 0 Å². The van der Waals surface area contributed by atoms with E-state index in [4.69, 9.17) is 0 Å². The Morgan fingerprint density at radius 1 is 1.24 bits per heavy atom. The van der Waals surface area contributed by atoms with Crippen LogP contribution >= 0.6 is 0 Å². The summed E-state index contributed by atoms with van der Waals surface area (Å²) < 4.78 is 0. The molecular weight excluding hydrogens is 266 g/mol. The monoisotopic (exact) mass is 291 g/mol. The van der Waals surface area contributed by atoms with Crippen molar-refractivity contribution >= 4 is 17.5 Å². The molecule has 0 saturated carbocycles. The van der Waals surface area contributed by atoms with Gasteiger partial charge in [-0.25, -0.2) is 0 Å². The fraction of sp³-hybridized carbons (Fsp3) is 0.500. The highest BCUT2D eigenvalue weighted by atomic mass is 16.2. The van der Waals surface area contributed by atoms with Crippen molar-refractivity contribution in [1.29, 1.82) is 0 Å². The lowest BCUT2D eigenvalue weighted by Crippen LogP contribution is -2.40. The third-order valence-electron chi connectivity index (χ3n) is 3.43. The van der Waals surface area contributed by atoms with Crippen LogP contribution in [0.2, 0.25) is 0 Å². The summed E-state index contributed by atoms with van der Waals surface area (Å²) >= 11 is 0. The summed E-state index contributed by atoms with van der Waals surface area (Å²) in [6.07, 6.45) is 0. The van der Waals surface area contributed by atoms with Gasteiger partial charge in [-0.15, -0.1) is 0 Å². The zero-order valence-corrected chi connectivity index (χ0v) is 13.4. The molecule has 0 spiro atoms. The first-order chi connectivity index (χ1) is 9.81. The smallest absolute Gasteiger partial charge is 0.236 e. The summed E-state index contributed by atoms with van der Waals surface area (Å²) in [4.78, 5) is 24.7. The number of hydrogen-bond acceptors (Lipinski definition) is 3. The molecular formula is C16H25N3O2. The van der Waals surface area contributed by atoms with Gasteiger partial charge in [0.2, 0.25) is 11.8 Å². The third-order valence-corrected chi connectivity index (χ3v) is 3.43. The normalized spacial score (nSPS) is 12.1. The lowest BCUT2D eigenvalue weighted by molar-refractivity contribution is -0.130. The standard InChI is InChI=1S/C16H25N3O2/c1-11(2)19(5)16(21)10-17-12(3)14-7-6-8-15(9-14)18-13(4)20/h6-9,11-12,17H,10H2,1-5H3,(H,18,20). The topological polar surface area (TPSA) is 61.4 Å². The number of rotatable bonds is 6. The van der Waals surface area contributed by atoms with Crippen LogP contribution in [0.15, 0.2) is 24.3 Å². The molecule has 1 rings (SSSR count). The molecule has 1 aromatic carbocycles. The number of likely N-dealkylation sites (N-methyl/N-ethyl adjacent to an activating group) is 1. The van der Waals surface area contributed by atoms with Crippen LogP contribution in [-0.4, -0.2) is 36.3 Å². The maximum absolute atomic E-state index is 11.9. The maximum atomic E-state index is 11.9. The van der Waals surface area contributed by atoms with Gasteiger partial charge in [0, 0.05) is 31.7 Å². The molecule has 0 fully saturated rings. The number of nitrogens with zero attached hydrogens (tertiary/aromatic N) is 1. The fourth-order valence-electron chi connectivity index (χ4n) is 1.86. The molecule has 21 heavy (non-hydrogen) atoms. The van der Waals surface area contributed by atoms with E-state index in [9.17, 15) is 9.59 Å². The van der Waals surface area contributed by atoms with Crippen molar-refractivity contribution in [3.05, 3.63) is 29.8 Å². The van der Waals surface area contributed by atoms with Gasteiger partial charge < -0.3 is 15.5 Å². The van der Waals surface area contributed by atoms with Crippen molar-refractivity contribution in [3.63, 3.8) is 0 Å². The summed E-state index contributed by atoms with van der Waals surface area (Å²) in [6.45, 7) is 7.74. The number of anilines is 1. The largest absolute Gasteiger partial charge is 0.342 e. The first-order valence-electron chi connectivity index (χ1n) is 7.18. The first kappa shape index (κ1) is 17.2. The number of hydrogen-bond donors (Lipinski definition) is 2. The van der Waals surface area contributed by atoms with Crippen LogP contribution in [0.1, 0.15) is 39.3 Å². The molecule has 0 radical (unpaired) electrons. The predicted octanol–water partition coefficient (Wildman–Crippen LogP) is 2.16. The Hall–Kier alpha value is -1.88. The first-order valence-corrected chi connectivity index (χ1v) is 7.18. The molecule has 0 heterocycles. The van der Waals surface area contributed by atoms with E-state index in [0.717, 1.165) is 11.3 Å². The Morgan fingerprint density at radius 2 is 1.90 bits per heavy atom. The number of nitrogens with one attached hydrogen (secondary N) is 2. The summed E-state index contributed by atoms with van der Waals surface area (Å²) in [5.74, 6) is -0.0311. The van der Waals surface area contributed by atoms with Crippen molar-refractivity contribution in [2.24, 2.45) is 0 Å². The highest BCUT2D eigenvalue weighted by Crippen LogP contribution is 2.17. The van der Waals surface area contributed by atoms with Crippen LogP contribution in [0.4, 0.5) is 5.69 Å². The van der Waals surface area contributed by atoms with Crippen LogP contribution in [0.3, 0.4) is 0 Å². The minimum atomic E-state index is -0.0958. The minimum Gasteiger partial charge on any atom is -0.342 e. The van der Waals surface area contributed by atoms with Gasteiger partial charge in [0.25, 0.3) is 0 Å². The molecule has 0 bridgehead atoms. The highest BCUT2D eigenvalue weighted by molar-refractivity contribution is 5.88. The third kappa shape index (κ3) is 5.55. The van der Waals surface area contributed by atoms with Crippen LogP contribution in [0.5, 0.6) is 0 Å². The van der Waals surface area contributed by atoms with E-state index >= 15 is 0 Å². The van der Waals surface area contributed by atoms with Gasteiger partial charge in [-0.1, -0.05) is 12.1 Å². The summed E-state index contributed by atoms with van der Waals surface area (Å²) in [5, 5.41) is 5.97. The average Bonchev–Trinajstić information content (AvgIpc) is 2.42. The van der Waals surface area contributed by atoms with Gasteiger partial charge in [-0.05, 0) is 38.5 Å². The van der Waals surface area contributed by atoms with E-state index in [2.05, 4.69) is 10.6 Å². The maximum Gasteiger partial charge on any atom is 0.236 e. The Bertz CT molecular complexity index is 500. The van der Waals surface area contributed by atoms with E-state index in [-0.39, 0.29) is 23.9 Å². The zero-order valence-electron chi connectivity index (χ0n) is 13.4. The molecule has 0 aliphatic carbocycles. The molecule has 2 amide bonds. The molecule has 0 aliphatic rings. The Kier molecular flexibility index (Phi) is 6.37. The van der Waals surface area contributed by atoms with Crippen LogP contribution in [0.25, 0.3) is 0 Å². The molecule has 1 aromatic rings. The second kappa shape index (κ2) is 7.78. The number of amides is 2. The van der Waals surface area contributed by atoms with Crippen molar-refractivity contribution in [1.82, 2.24) is 10.2 Å². The highest BCUT2D eigenvalue weighted by Gasteiger charge is 2.13. The van der Waals surface area contributed by atoms with E-state index < -0.39 is 0 Å². The van der Waals surface area contributed by atoms with Crippen LogP contribution in [-0.2, 0) is 9.59 Å². The van der Waals surface area contributed by atoms with Gasteiger partial charge >= 0.3 is 0 Å². The van der Waals surface area contributed by atoms with Crippen LogP contribution in [0, 0.1) is 0 Å². The van der Waals surface area contributed by atoms with E-state index in [1.165, 1.54) is 6.92 Å². The molecule has 2 N–H and O–H groups in total.